The summed E-state index contributed by atoms with van der Waals surface area (Å²) in [6.45, 7) is 2.17. The third-order valence-corrected chi connectivity index (χ3v) is 4.11. The van der Waals surface area contributed by atoms with Crippen LogP contribution in [-0.4, -0.2) is 0 Å². The van der Waals surface area contributed by atoms with Gasteiger partial charge in [-0.2, -0.15) is 0 Å². The number of fused-ring (bicyclic) bond motifs is 2. The minimum absolute atomic E-state index is 1.37. The largest absolute Gasteiger partial charge is 0.144 e. The zero-order chi connectivity index (χ0) is 8.84. The van der Waals surface area contributed by atoms with Crippen LogP contribution in [0.15, 0.2) is 29.6 Å². The summed E-state index contributed by atoms with van der Waals surface area (Å²) in [4.78, 5) is 1.40. The number of aryl methyl sites for hydroxylation is 1. The van der Waals surface area contributed by atoms with Crippen LogP contribution in [0.2, 0.25) is 0 Å². The monoisotopic (exact) mass is 204 g/mol. The summed E-state index contributed by atoms with van der Waals surface area (Å²) in [6.07, 6.45) is 0. The van der Waals surface area contributed by atoms with E-state index in [1.165, 1.54) is 25.0 Å². The molecule has 0 bridgehead atoms. The molecule has 0 radical (unpaired) electrons. The van der Waals surface area contributed by atoms with Gasteiger partial charge in [0, 0.05) is 14.3 Å². The Kier molecular flexibility index (Phi) is 1.49. The lowest BCUT2D eigenvalue weighted by atomic mass is 10.2. The normalized spacial score (nSPS) is 11.5. The van der Waals surface area contributed by atoms with Crippen LogP contribution in [0.3, 0.4) is 0 Å². The molecule has 3 aromatic rings. The highest BCUT2D eigenvalue weighted by Gasteiger charge is 2.01. The standard InChI is InChI=1S/C11H8S2/c1-7-4-9-6-10-8(2-3-12-10)5-11(9)13-7/h2-6H,1H3. The van der Waals surface area contributed by atoms with Crippen LogP contribution in [0, 0.1) is 6.92 Å². The first-order valence-electron chi connectivity index (χ1n) is 4.20. The van der Waals surface area contributed by atoms with Crippen molar-refractivity contribution >= 4 is 42.8 Å². The summed E-state index contributed by atoms with van der Waals surface area (Å²) >= 11 is 3.69. The summed E-state index contributed by atoms with van der Waals surface area (Å²) in [5.41, 5.74) is 0. The van der Waals surface area contributed by atoms with Gasteiger partial charge in [0.25, 0.3) is 0 Å². The molecule has 0 nitrogen and oxygen atoms in total. The Morgan fingerprint density at radius 1 is 1.00 bits per heavy atom. The summed E-state index contributed by atoms with van der Waals surface area (Å²) < 4.78 is 2.80. The third-order valence-electron chi connectivity index (χ3n) is 2.21. The van der Waals surface area contributed by atoms with Crippen molar-refractivity contribution in [2.45, 2.75) is 6.92 Å². The zero-order valence-electron chi connectivity index (χ0n) is 7.20. The van der Waals surface area contributed by atoms with Gasteiger partial charge < -0.3 is 0 Å². The van der Waals surface area contributed by atoms with E-state index in [0.717, 1.165) is 0 Å². The Labute approximate surface area is 84.4 Å². The van der Waals surface area contributed by atoms with Crippen LogP contribution in [0.1, 0.15) is 4.88 Å². The Bertz CT molecular complexity index is 524. The summed E-state index contributed by atoms with van der Waals surface area (Å²) in [5.74, 6) is 0. The van der Waals surface area contributed by atoms with E-state index in [1.54, 1.807) is 0 Å². The van der Waals surface area contributed by atoms with Gasteiger partial charge in [0.15, 0.2) is 0 Å². The van der Waals surface area contributed by atoms with E-state index in [9.17, 15) is 0 Å². The molecule has 13 heavy (non-hydrogen) atoms. The fourth-order valence-electron chi connectivity index (χ4n) is 1.63. The molecule has 64 valence electrons. The molecule has 0 saturated carbocycles. The molecule has 0 atom stereocenters. The Hall–Kier alpha value is -0.860. The quantitative estimate of drug-likeness (QED) is 0.508. The maximum absolute atomic E-state index is 2.29. The van der Waals surface area contributed by atoms with Gasteiger partial charge in [-0.25, -0.2) is 0 Å². The van der Waals surface area contributed by atoms with Gasteiger partial charge in [0.2, 0.25) is 0 Å². The lowest BCUT2D eigenvalue weighted by Gasteiger charge is -1.89. The lowest BCUT2D eigenvalue weighted by molar-refractivity contribution is 1.66. The maximum atomic E-state index is 2.29. The minimum atomic E-state index is 1.37. The molecule has 0 aliphatic rings. The van der Waals surface area contributed by atoms with Crippen LogP contribution in [0.5, 0.6) is 0 Å². The van der Waals surface area contributed by atoms with E-state index in [4.69, 9.17) is 0 Å². The van der Waals surface area contributed by atoms with E-state index >= 15 is 0 Å². The molecule has 0 amide bonds. The molecule has 0 fully saturated rings. The first-order chi connectivity index (χ1) is 6.33. The molecule has 0 spiro atoms. The van der Waals surface area contributed by atoms with Crippen molar-refractivity contribution < 1.29 is 0 Å². The van der Waals surface area contributed by atoms with Crippen molar-refractivity contribution in [3.8, 4) is 0 Å². The highest BCUT2D eigenvalue weighted by molar-refractivity contribution is 7.20. The molecular formula is C11H8S2. The van der Waals surface area contributed by atoms with Crippen molar-refractivity contribution in [1.29, 1.82) is 0 Å². The second kappa shape index (κ2) is 2.56. The van der Waals surface area contributed by atoms with E-state index in [1.807, 2.05) is 22.7 Å². The van der Waals surface area contributed by atoms with E-state index in [2.05, 4.69) is 36.6 Å². The zero-order valence-corrected chi connectivity index (χ0v) is 8.84. The fraction of sp³-hybridized carbons (Fsp3) is 0.0909. The van der Waals surface area contributed by atoms with Crippen molar-refractivity contribution in [3.05, 3.63) is 34.5 Å². The fourth-order valence-corrected chi connectivity index (χ4v) is 3.40. The van der Waals surface area contributed by atoms with Crippen molar-refractivity contribution in [2.75, 3.05) is 0 Å². The lowest BCUT2D eigenvalue weighted by Crippen LogP contribution is -1.62. The van der Waals surface area contributed by atoms with Crippen LogP contribution in [-0.2, 0) is 0 Å². The average Bonchev–Trinajstić information content (AvgIpc) is 2.63. The van der Waals surface area contributed by atoms with E-state index in [-0.39, 0.29) is 0 Å². The van der Waals surface area contributed by atoms with Gasteiger partial charge in [-0.3, -0.25) is 0 Å². The van der Waals surface area contributed by atoms with Crippen molar-refractivity contribution in [3.63, 3.8) is 0 Å². The molecule has 3 rings (SSSR count). The highest BCUT2D eigenvalue weighted by Crippen LogP contribution is 2.31. The van der Waals surface area contributed by atoms with Gasteiger partial charge in [0.1, 0.15) is 0 Å². The second-order valence-corrected chi connectivity index (χ2v) is 5.44. The number of rotatable bonds is 0. The molecule has 0 aliphatic heterocycles. The second-order valence-electron chi connectivity index (χ2n) is 3.21. The average molecular weight is 204 g/mol. The van der Waals surface area contributed by atoms with Crippen molar-refractivity contribution in [2.24, 2.45) is 0 Å². The Morgan fingerprint density at radius 3 is 2.77 bits per heavy atom. The number of hydrogen-bond donors (Lipinski definition) is 0. The smallest absolute Gasteiger partial charge is 0.0352 e. The van der Waals surface area contributed by atoms with Gasteiger partial charge >= 0.3 is 0 Å². The predicted octanol–water partition coefficient (Wildman–Crippen LogP) is 4.42. The first-order valence-corrected chi connectivity index (χ1v) is 5.90. The summed E-state index contributed by atoms with van der Waals surface area (Å²) in [7, 11) is 0. The van der Waals surface area contributed by atoms with E-state index in [0.29, 0.717) is 0 Å². The topological polar surface area (TPSA) is 0 Å². The van der Waals surface area contributed by atoms with Crippen LogP contribution in [0.25, 0.3) is 20.2 Å². The molecule has 0 N–H and O–H groups in total. The maximum Gasteiger partial charge on any atom is 0.0352 e. The molecule has 2 heterocycles. The Balaban J connectivity index is 2.54. The highest BCUT2D eigenvalue weighted by atomic mass is 32.1. The number of benzene rings is 1. The molecule has 2 heteroatoms. The Morgan fingerprint density at radius 2 is 1.85 bits per heavy atom. The molecular weight excluding hydrogens is 196 g/mol. The SMILES string of the molecule is Cc1cc2cc3sccc3cc2s1. The number of hydrogen-bond acceptors (Lipinski definition) is 2. The van der Waals surface area contributed by atoms with Gasteiger partial charge in [-0.15, -0.1) is 22.7 Å². The van der Waals surface area contributed by atoms with Gasteiger partial charge in [-0.1, -0.05) is 0 Å². The van der Waals surface area contributed by atoms with Crippen LogP contribution < -0.4 is 0 Å². The van der Waals surface area contributed by atoms with E-state index < -0.39 is 0 Å². The first kappa shape index (κ1) is 7.54. The third kappa shape index (κ3) is 1.10. The molecule has 0 saturated heterocycles. The molecule has 0 aliphatic carbocycles. The predicted molar refractivity (Wildman–Crippen MR) is 61.9 cm³/mol. The molecule has 2 aromatic heterocycles. The van der Waals surface area contributed by atoms with Crippen molar-refractivity contribution in [1.82, 2.24) is 0 Å². The minimum Gasteiger partial charge on any atom is -0.144 e. The van der Waals surface area contributed by atoms with Gasteiger partial charge in [0.05, 0.1) is 0 Å². The van der Waals surface area contributed by atoms with Crippen LogP contribution >= 0.6 is 22.7 Å². The summed E-state index contributed by atoms with van der Waals surface area (Å²) in [6, 6.07) is 9.03. The van der Waals surface area contributed by atoms with Gasteiger partial charge in [-0.05, 0) is 47.3 Å². The molecule has 0 unspecified atom stereocenters. The molecule has 1 aromatic carbocycles. The van der Waals surface area contributed by atoms with Crippen LogP contribution in [0.4, 0.5) is 0 Å². The summed E-state index contributed by atoms with van der Waals surface area (Å²) in [5, 5.41) is 4.91. The number of thiophene rings is 2.